The van der Waals surface area contributed by atoms with Gasteiger partial charge in [-0.2, -0.15) is 0 Å². The number of amides is 1. The average Bonchev–Trinajstić information content (AvgIpc) is 2.30. The van der Waals surface area contributed by atoms with Gasteiger partial charge >= 0.3 is 0 Å². The second kappa shape index (κ2) is 5.71. The van der Waals surface area contributed by atoms with Crippen molar-refractivity contribution in [2.75, 3.05) is 5.32 Å². The Labute approximate surface area is 103 Å². The van der Waals surface area contributed by atoms with Crippen molar-refractivity contribution in [3.05, 3.63) is 29.3 Å². The number of benzene rings is 1. The highest BCUT2D eigenvalue weighted by Crippen LogP contribution is 2.21. The zero-order chi connectivity index (χ0) is 13.0. The molecule has 0 spiro atoms. The van der Waals surface area contributed by atoms with Crippen LogP contribution >= 0.6 is 0 Å². The van der Waals surface area contributed by atoms with E-state index in [1.807, 2.05) is 19.1 Å². The predicted octanol–water partition coefficient (Wildman–Crippen LogP) is 2.94. The summed E-state index contributed by atoms with van der Waals surface area (Å²) in [5, 5.41) is 3.45. The number of nitrogens with one attached hydrogen (secondary N) is 1. The maximum atomic E-state index is 11.2. The molecule has 1 rings (SSSR count). The highest BCUT2D eigenvalue weighted by molar-refractivity contribution is 5.95. The first-order valence-electron chi connectivity index (χ1n) is 6.13. The topological polar surface area (TPSA) is 55.1 Å². The zero-order valence-corrected chi connectivity index (χ0v) is 11.1. The van der Waals surface area contributed by atoms with Gasteiger partial charge in [-0.3, -0.25) is 4.79 Å². The third kappa shape index (κ3) is 3.22. The summed E-state index contributed by atoms with van der Waals surface area (Å²) in [5.41, 5.74) is 7.84. The summed E-state index contributed by atoms with van der Waals surface area (Å²) in [7, 11) is 0. The van der Waals surface area contributed by atoms with Crippen LogP contribution in [0.1, 0.15) is 43.1 Å². The number of rotatable bonds is 5. The van der Waals surface area contributed by atoms with Crippen LogP contribution < -0.4 is 11.1 Å². The summed E-state index contributed by atoms with van der Waals surface area (Å²) in [6.07, 6.45) is 1.13. The maximum absolute atomic E-state index is 11.2. The van der Waals surface area contributed by atoms with E-state index in [9.17, 15) is 4.79 Å². The Kier molecular flexibility index (Phi) is 4.55. The molecule has 0 aromatic heterocycles. The Morgan fingerprint density at radius 2 is 2.06 bits per heavy atom. The fraction of sp³-hybridized carbons (Fsp3) is 0.500. The lowest BCUT2D eigenvalue weighted by molar-refractivity contribution is 0.1000. The normalized spacial score (nSPS) is 14.1. The van der Waals surface area contributed by atoms with Crippen LogP contribution in [0.15, 0.2) is 18.2 Å². The van der Waals surface area contributed by atoms with Crippen LogP contribution in [0.25, 0.3) is 0 Å². The molecule has 1 amide bonds. The number of carbonyl (C=O) groups is 1. The summed E-state index contributed by atoms with van der Waals surface area (Å²) in [6, 6.07) is 5.98. The fourth-order valence-corrected chi connectivity index (χ4v) is 1.80. The monoisotopic (exact) mass is 234 g/mol. The van der Waals surface area contributed by atoms with Crippen molar-refractivity contribution < 1.29 is 4.79 Å². The van der Waals surface area contributed by atoms with E-state index in [-0.39, 0.29) is 5.91 Å². The van der Waals surface area contributed by atoms with Gasteiger partial charge in [-0.25, -0.2) is 0 Å². The lowest BCUT2D eigenvalue weighted by Gasteiger charge is -2.22. The molecule has 3 nitrogen and oxygen atoms in total. The summed E-state index contributed by atoms with van der Waals surface area (Å²) in [4.78, 5) is 11.2. The van der Waals surface area contributed by atoms with Crippen LogP contribution in [0.4, 0.5) is 5.69 Å². The standard InChI is InChI=1S/C14H22N2O/c1-5-9(2)11(4)16-13-8-6-7-12(10(13)3)14(15)17/h6-9,11,16H,5H2,1-4H3,(H2,15,17). The molecule has 0 saturated carbocycles. The van der Waals surface area contributed by atoms with E-state index in [1.165, 1.54) is 0 Å². The second-order valence-electron chi connectivity index (χ2n) is 4.66. The summed E-state index contributed by atoms with van der Waals surface area (Å²) >= 11 is 0. The van der Waals surface area contributed by atoms with Crippen molar-refractivity contribution in [1.82, 2.24) is 0 Å². The van der Waals surface area contributed by atoms with Crippen molar-refractivity contribution in [2.24, 2.45) is 11.7 Å². The van der Waals surface area contributed by atoms with Crippen LogP contribution in [-0.2, 0) is 0 Å². The van der Waals surface area contributed by atoms with Crippen LogP contribution in [0.5, 0.6) is 0 Å². The first kappa shape index (κ1) is 13.6. The molecule has 0 fully saturated rings. The Hall–Kier alpha value is -1.51. The molecule has 3 heteroatoms. The summed E-state index contributed by atoms with van der Waals surface area (Å²) < 4.78 is 0. The molecule has 0 aliphatic carbocycles. The minimum atomic E-state index is -0.373. The number of hydrogen-bond donors (Lipinski definition) is 2. The van der Waals surface area contributed by atoms with Gasteiger partial charge in [-0.05, 0) is 37.5 Å². The van der Waals surface area contributed by atoms with Crippen molar-refractivity contribution in [3.8, 4) is 0 Å². The van der Waals surface area contributed by atoms with Gasteiger partial charge < -0.3 is 11.1 Å². The summed E-state index contributed by atoms with van der Waals surface area (Å²) in [6.45, 7) is 8.47. The number of primary amides is 1. The Morgan fingerprint density at radius 1 is 1.41 bits per heavy atom. The second-order valence-corrected chi connectivity index (χ2v) is 4.66. The lowest BCUT2D eigenvalue weighted by Crippen LogP contribution is -2.24. The molecule has 1 aromatic rings. The van der Waals surface area contributed by atoms with Gasteiger partial charge in [0.25, 0.3) is 0 Å². The number of nitrogens with two attached hydrogens (primary N) is 1. The van der Waals surface area contributed by atoms with Gasteiger partial charge in [0.05, 0.1) is 0 Å². The first-order valence-corrected chi connectivity index (χ1v) is 6.13. The quantitative estimate of drug-likeness (QED) is 0.823. The maximum Gasteiger partial charge on any atom is 0.249 e. The summed E-state index contributed by atoms with van der Waals surface area (Å²) in [5.74, 6) is 0.217. The zero-order valence-electron chi connectivity index (χ0n) is 11.1. The predicted molar refractivity (Wildman–Crippen MR) is 72.2 cm³/mol. The van der Waals surface area contributed by atoms with E-state index < -0.39 is 0 Å². The molecule has 0 heterocycles. The number of anilines is 1. The molecule has 17 heavy (non-hydrogen) atoms. The van der Waals surface area contributed by atoms with Gasteiger partial charge in [0.15, 0.2) is 0 Å². The molecule has 2 atom stereocenters. The Balaban J connectivity index is 2.92. The molecular weight excluding hydrogens is 212 g/mol. The van der Waals surface area contributed by atoms with Gasteiger partial charge in [0.2, 0.25) is 5.91 Å². The Morgan fingerprint density at radius 3 is 2.59 bits per heavy atom. The van der Waals surface area contributed by atoms with Gasteiger partial charge in [-0.1, -0.05) is 26.3 Å². The molecule has 0 saturated heterocycles. The van der Waals surface area contributed by atoms with E-state index >= 15 is 0 Å². The van der Waals surface area contributed by atoms with Gasteiger partial charge in [0, 0.05) is 17.3 Å². The van der Waals surface area contributed by atoms with E-state index in [4.69, 9.17) is 5.73 Å². The van der Waals surface area contributed by atoms with Crippen molar-refractivity contribution in [3.63, 3.8) is 0 Å². The fourth-order valence-electron chi connectivity index (χ4n) is 1.80. The minimum absolute atomic E-state index is 0.373. The van der Waals surface area contributed by atoms with Gasteiger partial charge in [0.1, 0.15) is 0 Å². The molecule has 1 aromatic carbocycles. The van der Waals surface area contributed by atoms with E-state index in [0.717, 1.165) is 17.7 Å². The molecule has 94 valence electrons. The van der Waals surface area contributed by atoms with E-state index in [1.54, 1.807) is 6.07 Å². The highest BCUT2D eigenvalue weighted by atomic mass is 16.1. The molecule has 0 radical (unpaired) electrons. The third-order valence-electron chi connectivity index (χ3n) is 3.48. The highest BCUT2D eigenvalue weighted by Gasteiger charge is 2.13. The largest absolute Gasteiger partial charge is 0.382 e. The number of carbonyl (C=O) groups excluding carboxylic acids is 1. The average molecular weight is 234 g/mol. The number of hydrogen-bond acceptors (Lipinski definition) is 2. The van der Waals surface area contributed by atoms with Crippen molar-refractivity contribution in [1.29, 1.82) is 0 Å². The van der Waals surface area contributed by atoms with Crippen molar-refractivity contribution in [2.45, 2.75) is 40.2 Å². The SMILES string of the molecule is CCC(C)C(C)Nc1cccc(C(N)=O)c1C. The van der Waals surface area contributed by atoms with E-state index in [0.29, 0.717) is 17.5 Å². The smallest absolute Gasteiger partial charge is 0.249 e. The third-order valence-corrected chi connectivity index (χ3v) is 3.48. The minimum Gasteiger partial charge on any atom is -0.382 e. The van der Waals surface area contributed by atoms with Crippen molar-refractivity contribution >= 4 is 11.6 Å². The first-order chi connectivity index (χ1) is 7.97. The van der Waals surface area contributed by atoms with Crippen LogP contribution in [-0.4, -0.2) is 11.9 Å². The van der Waals surface area contributed by atoms with E-state index in [2.05, 4.69) is 26.1 Å². The van der Waals surface area contributed by atoms with Crippen LogP contribution in [0, 0.1) is 12.8 Å². The molecule has 2 unspecified atom stereocenters. The molecular formula is C14H22N2O. The van der Waals surface area contributed by atoms with Crippen LogP contribution in [0.2, 0.25) is 0 Å². The van der Waals surface area contributed by atoms with Gasteiger partial charge in [-0.15, -0.1) is 0 Å². The molecule has 0 bridgehead atoms. The Bertz CT molecular complexity index is 401. The molecule has 0 aliphatic heterocycles. The molecule has 3 N–H and O–H groups in total. The lowest BCUT2D eigenvalue weighted by atomic mass is 9.99. The van der Waals surface area contributed by atoms with Crippen LogP contribution in [0.3, 0.4) is 0 Å². The molecule has 0 aliphatic rings.